The van der Waals surface area contributed by atoms with Crippen LogP contribution in [0, 0.1) is 0 Å². The Morgan fingerprint density at radius 3 is 2.56 bits per heavy atom. The summed E-state index contributed by atoms with van der Waals surface area (Å²) in [5.74, 6) is 0.435. The summed E-state index contributed by atoms with van der Waals surface area (Å²) >= 11 is 15.5. The molecule has 9 heteroatoms. The molecule has 1 aliphatic rings. The van der Waals surface area contributed by atoms with Crippen molar-refractivity contribution in [3.05, 3.63) is 61.7 Å². The number of urea groups is 1. The SMILES string of the molecule is COc1cc(/C=C2/NC(=O)NC2=O)cc(Br)c1OCc1ccc(Cl)cc1Cl. The molecule has 0 radical (unpaired) electrons. The number of hydrogen-bond donors (Lipinski definition) is 2. The Morgan fingerprint density at radius 1 is 1.15 bits per heavy atom. The second kappa shape index (κ2) is 8.21. The molecule has 0 saturated carbocycles. The van der Waals surface area contributed by atoms with Gasteiger partial charge in [-0.3, -0.25) is 10.1 Å². The van der Waals surface area contributed by atoms with Crippen LogP contribution in [0.2, 0.25) is 10.0 Å². The first kappa shape index (κ1) is 19.5. The van der Waals surface area contributed by atoms with E-state index in [4.69, 9.17) is 32.7 Å². The maximum Gasteiger partial charge on any atom is 0.326 e. The lowest BCUT2D eigenvalue weighted by Crippen LogP contribution is -2.22. The number of halogens is 3. The lowest BCUT2D eigenvalue weighted by atomic mass is 10.1. The molecule has 0 aromatic heterocycles. The van der Waals surface area contributed by atoms with Crippen molar-refractivity contribution < 1.29 is 19.1 Å². The number of nitrogens with one attached hydrogen (secondary N) is 2. The van der Waals surface area contributed by atoms with Crippen LogP contribution >= 0.6 is 39.1 Å². The van der Waals surface area contributed by atoms with Gasteiger partial charge < -0.3 is 14.8 Å². The monoisotopic (exact) mass is 470 g/mol. The first-order chi connectivity index (χ1) is 12.9. The Labute approximate surface area is 173 Å². The molecule has 0 unspecified atom stereocenters. The highest BCUT2D eigenvalue weighted by Gasteiger charge is 2.23. The molecule has 0 bridgehead atoms. The second-order valence-electron chi connectivity index (χ2n) is 5.52. The first-order valence-electron chi connectivity index (χ1n) is 7.65. The van der Waals surface area contributed by atoms with Gasteiger partial charge in [0.05, 0.1) is 11.6 Å². The van der Waals surface area contributed by atoms with Crippen molar-refractivity contribution in [1.82, 2.24) is 10.6 Å². The zero-order valence-corrected chi connectivity index (χ0v) is 17.0. The van der Waals surface area contributed by atoms with E-state index in [9.17, 15) is 9.59 Å². The van der Waals surface area contributed by atoms with Crippen molar-refractivity contribution in [1.29, 1.82) is 0 Å². The van der Waals surface area contributed by atoms with Gasteiger partial charge in [0.25, 0.3) is 5.91 Å². The Morgan fingerprint density at radius 2 is 1.93 bits per heavy atom. The molecule has 2 aromatic carbocycles. The second-order valence-corrected chi connectivity index (χ2v) is 7.22. The van der Waals surface area contributed by atoms with Crippen LogP contribution in [0.15, 0.2) is 40.5 Å². The zero-order valence-electron chi connectivity index (χ0n) is 13.9. The third kappa shape index (κ3) is 4.55. The van der Waals surface area contributed by atoms with Crippen LogP contribution in [0.1, 0.15) is 11.1 Å². The van der Waals surface area contributed by atoms with Crippen LogP contribution in [0.25, 0.3) is 6.08 Å². The standard InChI is InChI=1S/C18H13BrCl2N2O4/c1-26-15-6-9(5-14-17(24)23-18(25)22-14)4-12(19)16(15)27-8-10-2-3-11(20)7-13(10)21/h2-7H,8H2,1H3,(H2,22,23,24,25)/b14-5+. The molecule has 1 aliphatic heterocycles. The molecule has 0 atom stereocenters. The van der Waals surface area contributed by atoms with E-state index in [2.05, 4.69) is 26.6 Å². The number of benzene rings is 2. The minimum Gasteiger partial charge on any atom is -0.493 e. The number of hydrogen-bond acceptors (Lipinski definition) is 4. The summed E-state index contributed by atoms with van der Waals surface area (Å²) in [7, 11) is 1.50. The summed E-state index contributed by atoms with van der Waals surface area (Å²) in [5.41, 5.74) is 1.56. The highest BCUT2D eigenvalue weighted by Crippen LogP contribution is 2.38. The average Bonchev–Trinajstić information content (AvgIpc) is 2.92. The van der Waals surface area contributed by atoms with Crippen molar-refractivity contribution in [3.8, 4) is 11.5 Å². The Bertz CT molecular complexity index is 963. The molecule has 2 aromatic rings. The van der Waals surface area contributed by atoms with Gasteiger partial charge in [-0.15, -0.1) is 0 Å². The van der Waals surface area contributed by atoms with Gasteiger partial charge in [-0.05, 0) is 51.8 Å². The molecule has 2 N–H and O–H groups in total. The van der Waals surface area contributed by atoms with Crippen LogP contribution in [-0.4, -0.2) is 19.0 Å². The van der Waals surface area contributed by atoms with E-state index in [0.29, 0.717) is 31.6 Å². The lowest BCUT2D eigenvalue weighted by molar-refractivity contribution is -0.115. The fourth-order valence-electron chi connectivity index (χ4n) is 2.40. The molecule has 0 spiro atoms. The van der Waals surface area contributed by atoms with E-state index in [1.54, 1.807) is 30.3 Å². The molecular formula is C18H13BrCl2N2O4. The topological polar surface area (TPSA) is 76.7 Å². The number of methoxy groups -OCH3 is 1. The van der Waals surface area contributed by atoms with E-state index in [-0.39, 0.29) is 12.3 Å². The largest absolute Gasteiger partial charge is 0.493 e. The normalized spacial score (nSPS) is 14.9. The third-order valence-corrected chi connectivity index (χ3v) is 4.85. The smallest absolute Gasteiger partial charge is 0.326 e. The number of rotatable bonds is 5. The molecule has 27 heavy (non-hydrogen) atoms. The highest BCUT2D eigenvalue weighted by atomic mass is 79.9. The van der Waals surface area contributed by atoms with E-state index < -0.39 is 11.9 Å². The van der Waals surface area contributed by atoms with Crippen molar-refractivity contribution >= 4 is 57.1 Å². The van der Waals surface area contributed by atoms with Crippen molar-refractivity contribution in [3.63, 3.8) is 0 Å². The van der Waals surface area contributed by atoms with Crippen molar-refractivity contribution in [2.24, 2.45) is 0 Å². The summed E-state index contributed by atoms with van der Waals surface area (Å²) < 4.78 is 11.9. The number of ether oxygens (including phenoxy) is 2. The van der Waals surface area contributed by atoms with Gasteiger partial charge in [0.15, 0.2) is 11.5 Å². The van der Waals surface area contributed by atoms with Gasteiger partial charge in [0.2, 0.25) is 0 Å². The molecule has 3 rings (SSSR count). The number of imide groups is 1. The number of carbonyl (C=O) groups is 2. The van der Waals surface area contributed by atoms with E-state index in [1.807, 2.05) is 0 Å². The fourth-order valence-corrected chi connectivity index (χ4v) is 3.44. The van der Waals surface area contributed by atoms with Crippen LogP contribution in [0.5, 0.6) is 11.5 Å². The van der Waals surface area contributed by atoms with E-state index >= 15 is 0 Å². The summed E-state index contributed by atoms with van der Waals surface area (Å²) in [6.45, 7) is 0.212. The molecular weight excluding hydrogens is 459 g/mol. The minimum absolute atomic E-state index is 0.149. The van der Waals surface area contributed by atoms with Crippen LogP contribution in [0.4, 0.5) is 4.79 Å². The van der Waals surface area contributed by atoms with Crippen LogP contribution in [-0.2, 0) is 11.4 Å². The Hall–Kier alpha value is -2.22. The zero-order chi connectivity index (χ0) is 19.6. The lowest BCUT2D eigenvalue weighted by Gasteiger charge is -2.14. The number of carbonyl (C=O) groups excluding carboxylic acids is 2. The first-order valence-corrected chi connectivity index (χ1v) is 9.20. The number of amides is 3. The minimum atomic E-state index is -0.558. The molecule has 0 aliphatic carbocycles. The van der Waals surface area contributed by atoms with Gasteiger partial charge in [-0.2, -0.15) is 0 Å². The van der Waals surface area contributed by atoms with Gasteiger partial charge in [-0.1, -0.05) is 29.3 Å². The van der Waals surface area contributed by atoms with Gasteiger partial charge in [0.1, 0.15) is 12.3 Å². The predicted octanol–water partition coefficient (Wildman–Crippen LogP) is 4.52. The molecule has 140 valence electrons. The summed E-state index contributed by atoms with van der Waals surface area (Å²) in [4.78, 5) is 22.9. The molecule has 1 fully saturated rings. The maximum atomic E-state index is 11.7. The van der Waals surface area contributed by atoms with Gasteiger partial charge in [-0.25, -0.2) is 4.79 Å². The van der Waals surface area contributed by atoms with Crippen LogP contribution in [0.3, 0.4) is 0 Å². The third-order valence-electron chi connectivity index (χ3n) is 3.67. The van der Waals surface area contributed by atoms with Crippen molar-refractivity contribution in [2.45, 2.75) is 6.61 Å². The van der Waals surface area contributed by atoms with Crippen LogP contribution < -0.4 is 20.1 Å². The molecule has 6 nitrogen and oxygen atoms in total. The highest BCUT2D eigenvalue weighted by molar-refractivity contribution is 9.10. The van der Waals surface area contributed by atoms with Crippen molar-refractivity contribution in [2.75, 3.05) is 7.11 Å². The Kier molecular flexibility index (Phi) is 5.94. The molecule has 3 amide bonds. The molecule has 1 heterocycles. The summed E-state index contributed by atoms with van der Waals surface area (Å²) in [6.07, 6.45) is 1.54. The summed E-state index contributed by atoms with van der Waals surface area (Å²) in [5, 5.41) is 5.62. The predicted molar refractivity (Wildman–Crippen MR) is 106 cm³/mol. The Balaban J connectivity index is 1.85. The van der Waals surface area contributed by atoms with Gasteiger partial charge in [0, 0.05) is 15.6 Å². The van der Waals surface area contributed by atoms with Gasteiger partial charge >= 0.3 is 6.03 Å². The fraction of sp³-hybridized carbons (Fsp3) is 0.111. The van der Waals surface area contributed by atoms with E-state index in [0.717, 1.165) is 5.56 Å². The average molecular weight is 472 g/mol. The molecule has 1 saturated heterocycles. The quantitative estimate of drug-likeness (QED) is 0.496. The summed E-state index contributed by atoms with van der Waals surface area (Å²) in [6, 6.07) is 8.03. The maximum absolute atomic E-state index is 11.7. The van der Waals surface area contributed by atoms with E-state index in [1.165, 1.54) is 13.2 Å².